The summed E-state index contributed by atoms with van der Waals surface area (Å²) in [6.07, 6.45) is 3.60. The number of aliphatic imine (C=N–C) groups is 1. The fourth-order valence-electron chi connectivity index (χ4n) is 3.04. The molecule has 2 rings (SSSR count). The van der Waals surface area contributed by atoms with Crippen molar-refractivity contribution in [2.24, 2.45) is 4.99 Å². The number of carbonyl (C=O) groups is 1. The average Bonchev–Trinajstić information content (AvgIpc) is 3.16. The van der Waals surface area contributed by atoms with Crippen molar-refractivity contribution in [3.63, 3.8) is 0 Å². The zero-order valence-corrected chi connectivity index (χ0v) is 17.6. The van der Waals surface area contributed by atoms with Crippen LogP contribution in [0, 0.1) is 0 Å². The third-order valence-corrected chi connectivity index (χ3v) is 4.72. The number of rotatable bonds is 9. The lowest BCUT2D eigenvalue weighted by atomic mass is 10.1. The van der Waals surface area contributed by atoms with Gasteiger partial charge >= 0.3 is 0 Å². The quantitative estimate of drug-likeness (QED) is 0.422. The second-order valence-corrected chi connectivity index (χ2v) is 7.49. The highest BCUT2D eigenvalue weighted by atomic mass is 16.5. The number of aromatic nitrogens is 2. The van der Waals surface area contributed by atoms with Crippen molar-refractivity contribution >= 4 is 11.9 Å². The van der Waals surface area contributed by atoms with Crippen LogP contribution in [0.15, 0.2) is 9.52 Å². The van der Waals surface area contributed by atoms with Crippen molar-refractivity contribution in [2.75, 3.05) is 39.8 Å². The van der Waals surface area contributed by atoms with E-state index in [9.17, 15) is 4.79 Å². The molecule has 0 bridgehead atoms. The Balaban J connectivity index is 1.65. The Morgan fingerprint density at radius 2 is 2.04 bits per heavy atom. The van der Waals surface area contributed by atoms with E-state index in [1.807, 2.05) is 13.8 Å². The van der Waals surface area contributed by atoms with Gasteiger partial charge in [-0.15, -0.1) is 0 Å². The van der Waals surface area contributed by atoms with Crippen molar-refractivity contribution in [3.8, 4) is 0 Å². The highest BCUT2D eigenvalue weighted by Gasteiger charge is 2.21. The Labute approximate surface area is 167 Å². The number of nitrogens with one attached hydrogen (secondary N) is 3. The van der Waals surface area contributed by atoms with Gasteiger partial charge in [-0.2, -0.15) is 4.98 Å². The van der Waals surface area contributed by atoms with Crippen LogP contribution in [0.2, 0.25) is 0 Å². The minimum absolute atomic E-state index is 0.118. The molecular formula is C19H35N7O2. The van der Waals surface area contributed by atoms with Crippen LogP contribution in [0.5, 0.6) is 0 Å². The summed E-state index contributed by atoms with van der Waals surface area (Å²) in [6.45, 7) is 9.88. The lowest BCUT2D eigenvalue weighted by Gasteiger charge is -2.32. The molecule has 158 valence electrons. The molecule has 28 heavy (non-hydrogen) atoms. The first-order chi connectivity index (χ1) is 13.5. The van der Waals surface area contributed by atoms with E-state index in [2.05, 4.69) is 42.9 Å². The molecule has 1 aromatic heterocycles. The first-order valence-electron chi connectivity index (χ1n) is 10.3. The van der Waals surface area contributed by atoms with Crippen molar-refractivity contribution in [2.45, 2.75) is 58.4 Å². The molecule has 1 aliphatic rings. The fourth-order valence-corrected chi connectivity index (χ4v) is 3.04. The van der Waals surface area contributed by atoms with Gasteiger partial charge in [-0.05, 0) is 19.3 Å². The molecular weight excluding hydrogens is 358 g/mol. The monoisotopic (exact) mass is 393 g/mol. The number of guanidine groups is 1. The highest BCUT2D eigenvalue weighted by molar-refractivity contribution is 5.80. The molecule has 1 fully saturated rings. The molecule has 9 heteroatoms. The molecule has 9 nitrogen and oxygen atoms in total. The summed E-state index contributed by atoms with van der Waals surface area (Å²) in [4.78, 5) is 22.7. The zero-order chi connectivity index (χ0) is 20.4. The van der Waals surface area contributed by atoms with Gasteiger partial charge in [0.25, 0.3) is 0 Å². The van der Waals surface area contributed by atoms with E-state index in [1.54, 1.807) is 7.05 Å². The van der Waals surface area contributed by atoms with Crippen molar-refractivity contribution in [1.29, 1.82) is 0 Å². The predicted molar refractivity (Wildman–Crippen MR) is 109 cm³/mol. The average molecular weight is 394 g/mol. The maximum Gasteiger partial charge on any atom is 0.234 e. The molecule has 0 spiro atoms. The normalized spacial score (nSPS) is 16.4. The predicted octanol–water partition coefficient (Wildman–Crippen LogP) is 0.891. The van der Waals surface area contributed by atoms with E-state index < -0.39 is 0 Å². The van der Waals surface area contributed by atoms with Gasteiger partial charge in [-0.1, -0.05) is 25.9 Å². The second kappa shape index (κ2) is 11.6. The van der Waals surface area contributed by atoms with Gasteiger partial charge < -0.3 is 20.5 Å². The number of amides is 1. The first-order valence-corrected chi connectivity index (χ1v) is 10.3. The first kappa shape index (κ1) is 22.1. The topological polar surface area (TPSA) is 108 Å². The summed E-state index contributed by atoms with van der Waals surface area (Å²) in [6, 6.07) is 0.358. The number of likely N-dealkylation sites (tertiary alicyclic amines) is 1. The molecule has 0 radical (unpaired) electrons. The Bertz CT molecular complexity index is 622. The van der Waals surface area contributed by atoms with E-state index in [0.717, 1.165) is 50.7 Å². The molecule has 0 aliphatic carbocycles. The van der Waals surface area contributed by atoms with Crippen molar-refractivity contribution in [1.82, 2.24) is 31.0 Å². The molecule has 3 N–H and O–H groups in total. The van der Waals surface area contributed by atoms with E-state index in [0.29, 0.717) is 31.4 Å². The number of hydrogen-bond donors (Lipinski definition) is 3. The van der Waals surface area contributed by atoms with Gasteiger partial charge in [0.2, 0.25) is 11.8 Å². The van der Waals surface area contributed by atoms with Gasteiger partial charge in [0.05, 0.1) is 6.54 Å². The minimum Gasteiger partial charge on any atom is -0.356 e. The zero-order valence-electron chi connectivity index (χ0n) is 17.6. The molecule has 1 saturated heterocycles. The Hall–Kier alpha value is -2.16. The minimum atomic E-state index is 0.118. The Morgan fingerprint density at radius 3 is 2.64 bits per heavy atom. The number of hydrogen-bond acceptors (Lipinski definition) is 6. The Kier molecular flexibility index (Phi) is 9.19. The van der Waals surface area contributed by atoms with Gasteiger partial charge in [-0.3, -0.25) is 14.7 Å². The van der Waals surface area contributed by atoms with Crippen LogP contribution in [0.4, 0.5) is 0 Å². The van der Waals surface area contributed by atoms with Gasteiger partial charge in [0, 0.05) is 51.6 Å². The van der Waals surface area contributed by atoms with Crippen LogP contribution in [0.1, 0.15) is 57.7 Å². The standard InChI is InChI=1S/C19H35N7O2/c1-5-9-21-16(27)13-26-11-7-15(8-12-26)23-19(20-4)22-10-6-17-24-18(14(2)3)25-28-17/h14-15H,5-13H2,1-4H3,(H,21,27)(H2,20,22,23). The third-order valence-electron chi connectivity index (χ3n) is 4.72. The summed E-state index contributed by atoms with van der Waals surface area (Å²) in [5.41, 5.74) is 0. The maximum absolute atomic E-state index is 11.8. The summed E-state index contributed by atoms with van der Waals surface area (Å²) in [5, 5.41) is 13.7. The van der Waals surface area contributed by atoms with Crippen LogP contribution in [0.25, 0.3) is 0 Å². The summed E-state index contributed by atoms with van der Waals surface area (Å²) < 4.78 is 5.26. The van der Waals surface area contributed by atoms with Gasteiger partial charge in [0.1, 0.15) is 0 Å². The second-order valence-electron chi connectivity index (χ2n) is 7.49. The number of piperidine rings is 1. The molecule has 0 saturated carbocycles. The molecule has 0 unspecified atom stereocenters. The molecule has 2 heterocycles. The molecule has 1 amide bonds. The molecule has 1 aliphatic heterocycles. The lowest BCUT2D eigenvalue weighted by molar-refractivity contribution is -0.122. The van der Waals surface area contributed by atoms with Gasteiger partial charge in [0.15, 0.2) is 11.8 Å². The summed E-state index contributed by atoms with van der Waals surface area (Å²) >= 11 is 0. The highest BCUT2D eigenvalue weighted by Crippen LogP contribution is 2.10. The van der Waals surface area contributed by atoms with Crippen LogP contribution in [-0.2, 0) is 11.2 Å². The molecule has 0 aromatic carbocycles. The van der Waals surface area contributed by atoms with E-state index >= 15 is 0 Å². The number of nitrogens with zero attached hydrogens (tertiary/aromatic N) is 4. The van der Waals surface area contributed by atoms with E-state index in [4.69, 9.17) is 4.52 Å². The summed E-state index contributed by atoms with van der Waals surface area (Å²) in [5.74, 6) is 2.55. The fraction of sp³-hybridized carbons (Fsp3) is 0.789. The van der Waals surface area contributed by atoms with Crippen LogP contribution < -0.4 is 16.0 Å². The van der Waals surface area contributed by atoms with Crippen LogP contribution in [-0.4, -0.2) is 72.7 Å². The summed E-state index contributed by atoms with van der Waals surface area (Å²) in [7, 11) is 1.77. The van der Waals surface area contributed by atoms with Crippen LogP contribution >= 0.6 is 0 Å². The SMILES string of the molecule is CCCNC(=O)CN1CCC(NC(=NC)NCCc2nc(C(C)C)no2)CC1. The smallest absolute Gasteiger partial charge is 0.234 e. The van der Waals surface area contributed by atoms with Gasteiger partial charge in [-0.25, -0.2) is 0 Å². The van der Waals surface area contributed by atoms with Crippen LogP contribution in [0.3, 0.4) is 0 Å². The third kappa shape index (κ3) is 7.46. The van der Waals surface area contributed by atoms with E-state index in [-0.39, 0.29) is 11.8 Å². The van der Waals surface area contributed by atoms with Crippen molar-refractivity contribution < 1.29 is 9.32 Å². The number of carbonyl (C=O) groups excluding carboxylic acids is 1. The molecule has 1 aromatic rings. The largest absolute Gasteiger partial charge is 0.356 e. The van der Waals surface area contributed by atoms with E-state index in [1.165, 1.54) is 0 Å². The van der Waals surface area contributed by atoms with Crippen molar-refractivity contribution in [3.05, 3.63) is 11.7 Å². The molecule has 0 atom stereocenters. The lowest BCUT2D eigenvalue weighted by Crippen LogP contribution is -2.50. The Morgan fingerprint density at radius 1 is 1.29 bits per heavy atom. The maximum atomic E-state index is 11.8.